The van der Waals surface area contributed by atoms with Crippen molar-refractivity contribution in [2.24, 2.45) is 0 Å². The Labute approximate surface area is 71.5 Å². The molecule has 0 fully saturated rings. The second kappa shape index (κ2) is 8.02. The van der Waals surface area contributed by atoms with E-state index in [4.69, 9.17) is 4.74 Å². The van der Waals surface area contributed by atoms with Crippen LogP contribution in [0.15, 0.2) is 0 Å². The van der Waals surface area contributed by atoms with Crippen molar-refractivity contribution in [2.75, 3.05) is 21.2 Å². The van der Waals surface area contributed by atoms with Crippen LogP contribution in [-0.2, 0) is 4.74 Å². The number of hydrogen-bond donors (Lipinski definition) is 0. The summed E-state index contributed by atoms with van der Waals surface area (Å²) < 4.78 is 5.13. The van der Waals surface area contributed by atoms with E-state index in [1.54, 1.807) is 7.11 Å². The molecule has 2 unspecified atom stereocenters. The van der Waals surface area contributed by atoms with Gasteiger partial charge in [0.2, 0.25) is 0 Å². The third-order valence-electron chi connectivity index (χ3n) is 1.87. The van der Waals surface area contributed by atoms with E-state index in [2.05, 4.69) is 32.8 Å². The summed E-state index contributed by atoms with van der Waals surface area (Å²) >= 11 is 0. The number of rotatable bonds is 3. The highest BCUT2D eigenvalue weighted by atomic mass is 16.5. The standard InChI is InChI=1S/C7H17NO.C2H6/c1-6(8(3)4)7(2)9-5;1-2/h6-7H,1-5H3;1-2H3. The predicted molar refractivity (Wildman–Crippen MR) is 51.0 cm³/mol. The molecule has 2 atom stereocenters. The van der Waals surface area contributed by atoms with E-state index in [0.29, 0.717) is 12.1 Å². The molecule has 0 aromatic rings. The molecule has 0 aliphatic heterocycles. The molecule has 0 bridgehead atoms. The Morgan fingerprint density at radius 3 is 1.55 bits per heavy atom. The van der Waals surface area contributed by atoms with Crippen LogP contribution in [0.25, 0.3) is 0 Å². The van der Waals surface area contributed by atoms with E-state index in [0.717, 1.165) is 0 Å². The van der Waals surface area contributed by atoms with E-state index >= 15 is 0 Å². The van der Waals surface area contributed by atoms with Crippen LogP contribution in [0.2, 0.25) is 0 Å². The van der Waals surface area contributed by atoms with Crippen LogP contribution in [0.4, 0.5) is 0 Å². The lowest BCUT2D eigenvalue weighted by molar-refractivity contribution is 0.0533. The molecular weight excluding hydrogens is 138 g/mol. The summed E-state index contributed by atoms with van der Waals surface area (Å²) in [4.78, 5) is 2.15. The Morgan fingerprint density at radius 2 is 1.45 bits per heavy atom. The molecule has 11 heavy (non-hydrogen) atoms. The van der Waals surface area contributed by atoms with Crippen molar-refractivity contribution in [1.29, 1.82) is 0 Å². The van der Waals surface area contributed by atoms with E-state index in [1.165, 1.54) is 0 Å². The molecule has 0 aliphatic rings. The van der Waals surface area contributed by atoms with Gasteiger partial charge in [0, 0.05) is 13.2 Å². The lowest BCUT2D eigenvalue weighted by Crippen LogP contribution is -2.35. The maximum Gasteiger partial charge on any atom is 0.0695 e. The Morgan fingerprint density at radius 1 is 1.09 bits per heavy atom. The second-order valence-electron chi connectivity index (χ2n) is 2.65. The Hall–Kier alpha value is -0.0800. The summed E-state index contributed by atoms with van der Waals surface area (Å²) in [6, 6.07) is 0.495. The predicted octanol–water partition coefficient (Wildman–Crippen LogP) is 2.00. The van der Waals surface area contributed by atoms with Gasteiger partial charge in [-0.05, 0) is 27.9 Å². The molecular formula is C9H23NO. The molecule has 70 valence electrons. The fourth-order valence-electron chi connectivity index (χ4n) is 0.617. The first-order valence-corrected chi connectivity index (χ1v) is 4.28. The van der Waals surface area contributed by atoms with Crippen molar-refractivity contribution >= 4 is 0 Å². The van der Waals surface area contributed by atoms with Crippen molar-refractivity contribution in [3.05, 3.63) is 0 Å². The van der Waals surface area contributed by atoms with Gasteiger partial charge in [-0.1, -0.05) is 13.8 Å². The van der Waals surface area contributed by atoms with Gasteiger partial charge in [0.05, 0.1) is 6.10 Å². The zero-order valence-electron chi connectivity index (χ0n) is 9.01. The maximum absolute atomic E-state index is 5.13. The molecule has 2 nitrogen and oxygen atoms in total. The Kier molecular flexibility index (Phi) is 9.85. The minimum absolute atomic E-state index is 0.319. The fourth-order valence-corrected chi connectivity index (χ4v) is 0.617. The van der Waals surface area contributed by atoms with Gasteiger partial charge in [-0.25, -0.2) is 0 Å². The first kappa shape index (κ1) is 13.5. The molecule has 0 heterocycles. The van der Waals surface area contributed by atoms with Gasteiger partial charge < -0.3 is 9.64 Å². The van der Waals surface area contributed by atoms with Gasteiger partial charge >= 0.3 is 0 Å². The smallest absolute Gasteiger partial charge is 0.0695 e. The monoisotopic (exact) mass is 161 g/mol. The zero-order valence-corrected chi connectivity index (χ0v) is 9.01. The van der Waals surface area contributed by atoms with Crippen molar-refractivity contribution in [1.82, 2.24) is 4.90 Å². The van der Waals surface area contributed by atoms with Crippen molar-refractivity contribution in [3.8, 4) is 0 Å². The lowest BCUT2D eigenvalue weighted by Gasteiger charge is -2.24. The van der Waals surface area contributed by atoms with E-state index < -0.39 is 0 Å². The Balaban J connectivity index is 0. The number of nitrogens with zero attached hydrogens (tertiary/aromatic N) is 1. The number of likely N-dealkylation sites (N-methyl/N-ethyl adjacent to an activating group) is 1. The normalized spacial score (nSPS) is 15.3. The molecule has 0 rings (SSSR count). The summed E-state index contributed by atoms with van der Waals surface area (Å²) in [5, 5.41) is 0. The molecule has 0 spiro atoms. The molecule has 0 aromatic heterocycles. The molecule has 0 aliphatic carbocycles. The van der Waals surface area contributed by atoms with Gasteiger partial charge in [0.1, 0.15) is 0 Å². The summed E-state index contributed by atoms with van der Waals surface area (Å²) in [5.41, 5.74) is 0. The highest BCUT2D eigenvalue weighted by molar-refractivity contribution is 4.66. The van der Waals surface area contributed by atoms with Gasteiger partial charge in [-0.3, -0.25) is 0 Å². The van der Waals surface area contributed by atoms with Gasteiger partial charge in [0.25, 0.3) is 0 Å². The van der Waals surface area contributed by atoms with Gasteiger partial charge in [-0.2, -0.15) is 0 Å². The van der Waals surface area contributed by atoms with Crippen LogP contribution < -0.4 is 0 Å². The van der Waals surface area contributed by atoms with Crippen LogP contribution in [0.5, 0.6) is 0 Å². The SMILES string of the molecule is CC.COC(C)C(C)N(C)C. The summed E-state index contributed by atoms with van der Waals surface area (Å²) in [6.07, 6.45) is 0.319. The Bertz CT molecular complexity index is 74.0. The molecule has 0 N–H and O–H groups in total. The van der Waals surface area contributed by atoms with E-state index in [1.807, 2.05) is 13.8 Å². The van der Waals surface area contributed by atoms with Crippen LogP contribution in [-0.4, -0.2) is 38.3 Å². The molecule has 0 amide bonds. The quantitative estimate of drug-likeness (QED) is 0.627. The van der Waals surface area contributed by atoms with Crippen LogP contribution in [0.3, 0.4) is 0 Å². The highest BCUT2D eigenvalue weighted by Gasteiger charge is 2.11. The number of hydrogen-bond acceptors (Lipinski definition) is 2. The number of methoxy groups -OCH3 is 1. The van der Waals surface area contributed by atoms with E-state index in [-0.39, 0.29) is 0 Å². The van der Waals surface area contributed by atoms with Gasteiger partial charge in [0.15, 0.2) is 0 Å². The molecule has 0 aromatic carbocycles. The minimum Gasteiger partial charge on any atom is -0.380 e. The molecule has 0 saturated carbocycles. The third-order valence-corrected chi connectivity index (χ3v) is 1.87. The second-order valence-corrected chi connectivity index (χ2v) is 2.65. The maximum atomic E-state index is 5.13. The molecule has 0 saturated heterocycles. The van der Waals surface area contributed by atoms with Crippen LogP contribution in [0.1, 0.15) is 27.7 Å². The van der Waals surface area contributed by atoms with Crippen LogP contribution >= 0.6 is 0 Å². The summed E-state index contributed by atoms with van der Waals surface area (Å²) in [6.45, 7) is 8.22. The fraction of sp³-hybridized carbons (Fsp3) is 1.00. The third kappa shape index (κ3) is 6.32. The van der Waals surface area contributed by atoms with Crippen LogP contribution in [0, 0.1) is 0 Å². The van der Waals surface area contributed by atoms with Crippen molar-refractivity contribution in [3.63, 3.8) is 0 Å². The lowest BCUT2D eigenvalue weighted by atomic mass is 10.2. The number of ether oxygens (including phenoxy) is 1. The van der Waals surface area contributed by atoms with Crippen molar-refractivity contribution in [2.45, 2.75) is 39.8 Å². The summed E-state index contributed by atoms with van der Waals surface area (Å²) in [7, 11) is 5.85. The average molecular weight is 161 g/mol. The molecule has 0 radical (unpaired) electrons. The summed E-state index contributed by atoms with van der Waals surface area (Å²) in [5.74, 6) is 0. The topological polar surface area (TPSA) is 12.5 Å². The largest absolute Gasteiger partial charge is 0.380 e. The minimum atomic E-state index is 0.319. The zero-order chi connectivity index (χ0) is 9.44. The molecule has 2 heteroatoms. The van der Waals surface area contributed by atoms with Gasteiger partial charge in [-0.15, -0.1) is 0 Å². The first-order chi connectivity index (χ1) is 5.09. The van der Waals surface area contributed by atoms with Crippen molar-refractivity contribution < 1.29 is 4.74 Å². The highest BCUT2D eigenvalue weighted by Crippen LogP contribution is 2.00. The van der Waals surface area contributed by atoms with E-state index in [9.17, 15) is 0 Å². The average Bonchev–Trinajstić information content (AvgIpc) is 2.05. The first-order valence-electron chi connectivity index (χ1n) is 4.28.